The zero-order chi connectivity index (χ0) is 17.6. The van der Waals surface area contributed by atoms with E-state index in [2.05, 4.69) is 26.6 Å². The van der Waals surface area contributed by atoms with Crippen molar-refractivity contribution in [2.75, 3.05) is 7.11 Å². The molecule has 7 nitrogen and oxygen atoms in total. The number of methoxy groups -OCH3 is 1. The summed E-state index contributed by atoms with van der Waals surface area (Å²) < 4.78 is 11.2. The lowest BCUT2D eigenvalue weighted by atomic mass is 10.2. The first-order valence-corrected chi connectivity index (χ1v) is 7.68. The number of carbonyl (C=O) groups excluding carboxylic acids is 3. The van der Waals surface area contributed by atoms with Crippen molar-refractivity contribution in [3.63, 3.8) is 0 Å². The number of rotatable bonds is 6. The monoisotopic (exact) mass is 386 g/mol. The van der Waals surface area contributed by atoms with Crippen LogP contribution in [0.25, 0.3) is 0 Å². The normalized spacial score (nSPS) is 11.6. The predicted molar refractivity (Wildman–Crippen MR) is 88.0 cm³/mol. The number of amides is 3. The number of carbonyl (C=O) groups is 3. The summed E-state index contributed by atoms with van der Waals surface area (Å²) in [7, 11) is 1.44. The third kappa shape index (κ3) is 5.55. The van der Waals surface area contributed by atoms with Gasteiger partial charge in [0.15, 0.2) is 23.9 Å². The van der Waals surface area contributed by atoms with Crippen LogP contribution in [0.4, 0.5) is 4.79 Å². The van der Waals surface area contributed by atoms with Gasteiger partial charge in [-0.2, -0.15) is 0 Å². The molecule has 1 rings (SSSR count). The quantitative estimate of drug-likeness (QED) is 0.731. The maximum Gasteiger partial charge on any atom is 0.321 e. The van der Waals surface area contributed by atoms with Crippen molar-refractivity contribution in [1.29, 1.82) is 0 Å². The molecule has 23 heavy (non-hydrogen) atoms. The minimum atomic E-state index is -0.956. The average Bonchev–Trinajstić information content (AvgIpc) is 2.47. The van der Waals surface area contributed by atoms with E-state index in [0.717, 1.165) is 0 Å². The van der Waals surface area contributed by atoms with Crippen LogP contribution in [0.1, 0.15) is 31.1 Å². The lowest BCUT2D eigenvalue weighted by molar-refractivity contribution is -0.126. The molecule has 0 saturated heterocycles. The van der Waals surface area contributed by atoms with Crippen molar-refractivity contribution in [2.24, 2.45) is 0 Å². The number of halogens is 1. The van der Waals surface area contributed by atoms with Crippen LogP contribution in [0.3, 0.4) is 0 Å². The Labute approximate surface area is 142 Å². The molecule has 0 saturated carbocycles. The predicted octanol–water partition coefficient (Wildman–Crippen LogP) is 2.27. The molecule has 0 aliphatic heterocycles. The van der Waals surface area contributed by atoms with Gasteiger partial charge in [0, 0.05) is 16.1 Å². The lowest BCUT2D eigenvalue weighted by Crippen LogP contribution is -2.47. The number of aldehydes is 1. The molecule has 126 valence electrons. The zero-order valence-corrected chi connectivity index (χ0v) is 14.9. The summed E-state index contributed by atoms with van der Waals surface area (Å²) in [6.45, 7) is 5.04. The molecule has 1 aromatic carbocycles. The number of benzene rings is 1. The van der Waals surface area contributed by atoms with Gasteiger partial charge in [0.05, 0.1) is 7.11 Å². The van der Waals surface area contributed by atoms with Crippen LogP contribution in [-0.2, 0) is 4.79 Å². The van der Waals surface area contributed by atoms with Crippen LogP contribution >= 0.6 is 15.9 Å². The molecule has 0 aromatic heterocycles. The average molecular weight is 387 g/mol. The summed E-state index contributed by atoms with van der Waals surface area (Å²) in [4.78, 5) is 34.4. The van der Waals surface area contributed by atoms with Gasteiger partial charge >= 0.3 is 6.03 Å². The standard InChI is InChI=1S/C15H19BrN2O5/c1-8(2)17-15(21)18-14(20)9(3)23-13-5-10(7-19)11(16)6-12(13)22-4/h5-9H,1-4H3,(H2,17,18,20,21)/t9-/m1/s1. The van der Waals surface area contributed by atoms with Crippen molar-refractivity contribution in [3.8, 4) is 11.5 Å². The second kappa shape index (κ2) is 8.52. The molecule has 1 atom stereocenters. The third-order valence-electron chi connectivity index (χ3n) is 2.74. The Bertz CT molecular complexity index is 604. The molecule has 3 amide bonds. The summed E-state index contributed by atoms with van der Waals surface area (Å²) in [6.07, 6.45) is -0.306. The van der Waals surface area contributed by atoms with Gasteiger partial charge in [0.1, 0.15) is 0 Å². The van der Waals surface area contributed by atoms with E-state index in [1.165, 1.54) is 20.1 Å². The summed E-state index contributed by atoms with van der Waals surface area (Å²) in [5.74, 6) is -0.0285. The maximum absolute atomic E-state index is 11.9. The Morgan fingerprint density at radius 3 is 2.39 bits per heavy atom. The van der Waals surface area contributed by atoms with E-state index in [1.54, 1.807) is 19.9 Å². The third-order valence-corrected chi connectivity index (χ3v) is 3.43. The molecular weight excluding hydrogens is 368 g/mol. The minimum Gasteiger partial charge on any atom is -0.493 e. The van der Waals surface area contributed by atoms with Crippen molar-refractivity contribution < 1.29 is 23.9 Å². The van der Waals surface area contributed by atoms with E-state index < -0.39 is 18.0 Å². The summed E-state index contributed by atoms with van der Waals surface area (Å²) in [6, 6.07) is 2.32. The van der Waals surface area contributed by atoms with Gasteiger partial charge in [0.25, 0.3) is 5.91 Å². The Hall–Kier alpha value is -2.09. The van der Waals surface area contributed by atoms with Crippen molar-refractivity contribution in [1.82, 2.24) is 10.6 Å². The summed E-state index contributed by atoms with van der Waals surface area (Å²) in [5.41, 5.74) is 0.353. The van der Waals surface area contributed by atoms with E-state index in [9.17, 15) is 14.4 Å². The molecule has 0 bridgehead atoms. The topological polar surface area (TPSA) is 93.7 Å². The largest absolute Gasteiger partial charge is 0.493 e. The van der Waals surface area contributed by atoms with Gasteiger partial charge in [-0.25, -0.2) is 4.79 Å². The van der Waals surface area contributed by atoms with Gasteiger partial charge in [-0.3, -0.25) is 14.9 Å². The van der Waals surface area contributed by atoms with Crippen molar-refractivity contribution >= 4 is 34.2 Å². The molecule has 0 spiro atoms. The molecule has 0 radical (unpaired) electrons. The Morgan fingerprint density at radius 1 is 1.22 bits per heavy atom. The van der Waals surface area contributed by atoms with Gasteiger partial charge in [-0.1, -0.05) is 0 Å². The molecule has 0 unspecified atom stereocenters. The van der Waals surface area contributed by atoms with Gasteiger partial charge < -0.3 is 14.8 Å². The number of nitrogens with one attached hydrogen (secondary N) is 2. The van der Waals surface area contributed by atoms with Crippen LogP contribution in [0, 0.1) is 0 Å². The molecule has 1 aromatic rings. The number of imide groups is 1. The van der Waals surface area contributed by atoms with Crippen LogP contribution in [-0.4, -0.2) is 37.5 Å². The highest BCUT2D eigenvalue weighted by Gasteiger charge is 2.20. The fourth-order valence-electron chi connectivity index (χ4n) is 1.65. The SMILES string of the molecule is COc1cc(Br)c(C=O)cc1O[C@H](C)C(=O)NC(=O)NC(C)C. The fourth-order valence-corrected chi connectivity index (χ4v) is 2.06. The Morgan fingerprint density at radius 2 is 1.87 bits per heavy atom. The van der Waals surface area contributed by atoms with Crippen LogP contribution in [0.15, 0.2) is 16.6 Å². The first-order chi connectivity index (χ1) is 10.8. The second-order valence-corrected chi connectivity index (χ2v) is 5.87. The first-order valence-electron chi connectivity index (χ1n) is 6.89. The molecule has 0 heterocycles. The van der Waals surface area contributed by atoms with E-state index in [4.69, 9.17) is 9.47 Å². The molecule has 0 fully saturated rings. The minimum absolute atomic E-state index is 0.0965. The number of hydrogen-bond acceptors (Lipinski definition) is 5. The highest BCUT2D eigenvalue weighted by Crippen LogP contribution is 2.33. The van der Waals surface area contributed by atoms with Crippen LogP contribution in [0.2, 0.25) is 0 Å². The van der Waals surface area contributed by atoms with Crippen LogP contribution in [0.5, 0.6) is 11.5 Å². The van der Waals surface area contributed by atoms with Crippen LogP contribution < -0.4 is 20.1 Å². The first kappa shape index (κ1) is 19.0. The van der Waals surface area contributed by atoms with E-state index >= 15 is 0 Å². The van der Waals surface area contributed by atoms with Gasteiger partial charge in [-0.15, -0.1) is 0 Å². The smallest absolute Gasteiger partial charge is 0.321 e. The Balaban J connectivity index is 2.83. The fraction of sp³-hybridized carbons (Fsp3) is 0.400. The molecule has 0 aliphatic carbocycles. The highest BCUT2D eigenvalue weighted by molar-refractivity contribution is 9.10. The van der Waals surface area contributed by atoms with E-state index in [-0.39, 0.29) is 11.8 Å². The zero-order valence-electron chi connectivity index (χ0n) is 13.3. The lowest BCUT2D eigenvalue weighted by Gasteiger charge is -2.17. The number of ether oxygens (including phenoxy) is 2. The molecular formula is C15H19BrN2O5. The number of hydrogen-bond donors (Lipinski definition) is 2. The van der Waals surface area contributed by atoms with Crippen molar-refractivity contribution in [3.05, 3.63) is 22.2 Å². The second-order valence-electron chi connectivity index (χ2n) is 5.02. The summed E-state index contributed by atoms with van der Waals surface area (Å²) in [5, 5.41) is 4.71. The molecule has 0 aliphatic rings. The highest BCUT2D eigenvalue weighted by atomic mass is 79.9. The molecule has 8 heteroatoms. The Kier molecular flexibility index (Phi) is 7.02. The van der Waals surface area contributed by atoms with E-state index in [0.29, 0.717) is 22.1 Å². The number of urea groups is 1. The summed E-state index contributed by atoms with van der Waals surface area (Å²) >= 11 is 3.23. The van der Waals surface area contributed by atoms with Crippen molar-refractivity contribution in [2.45, 2.75) is 32.9 Å². The van der Waals surface area contributed by atoms with E-state index in [1.807, 2.05) is 0 Å². The van der Waals surface area contributed by atoms with Gasteiger partial charge in [0.2, 0.25) is 0 Å². The van der Waals surface area contributed by atoms with Gasteiger partial charge in [-0.05, 0) is 48.8 Å². The maximum atomic E-state index is 11.9. The molecule has 2 N–H and O–H groups in total.